The van der Waals surface area contributed by atoms with Crippen LogP contribution in [0.4, 0.5) is 4.79 Å². The number of carbonyl (C=O) groups excluding carboxylic acids is 2. The smallest absolute Gasteiger partial charge is 0.410 e. The molecule has 0 bridgehead atoms. The summed E-state index contributed by atoms with van der Waals surface area (Å²) < 4.78 is 16.8. The van der Waals surface area contributed by atoms with Crippen molar-refractivity contribution in [2.24, 2.45) is 10.8 Å². The molecule has 212 valence electrons. The van der Waals surface area contributed by atoms with E-state index >= 15 is 0 Å². The number of carboxylic acid groups (broad SMARTS) is 2. The normalized spacial score (nSPS) is 11.9. The first kappa shape index (κ1) is 31.1. The average Bonchev–Trinajstić information content (AvgIpc) is 2.83. The van der Waals surface area contributed by atoms with Crippen LogP contribution in [0.1, 0.15) is 57.5 Å². The van der Waals surface area contributed by atoms with Crippen molar-refractivity contribution < 1.29 is 43.6 Å². The van der Waals surface area contributed by atoms with E-state index < -0.39 is 46.9 Å². The van der Waals surface area contributed by atoms with E-state index in [2.05, 4.69) is 0 Å². The third-order valence-electron chi connectivity index (χ3n) is 6.19. The summed E-state index contributed by atoms with van der Waals surface area (Å²) in [6.45, 7) is 9.36. The maximum atomic E-state index is 13.0. The van der Waals surface area contributed by atoms with E-state index in [1.165, 1.54) is 25.2 Å². The number of rotatable bonds is 11. The second-order valence-corrected chi connectivity index (χ2v) is 11.3. The number of carboxylic acids is 2. The van der Waals surface area contributed by atoms with Gasteiger partial charge in [0.2, 0.25) is 5.60 Å². The first-order chi connectivity index (χ1) is 18.0. The molecule has 2 aromatic carbocycles. The number of aliphatic carboxylic acids is 2. The zero-order chi connectivity index (χ0) is 29.6. The topological polar surface area (TPSA) is 140 Å². The van der Waals surface area contributed by atoms with Crippen LogP contribution in [0.5, 0.6) is 11.5 Å². The molecule has 2 rings (SSSR count). The minimum atomic E-state index is -1.75. The summed E-state index contributed by atoms with van der Waals surface area (Å²) in [6.07, 6.45) is -0.698. The Balaban J connectivity index is 2.33. The van der Waals surface area contributed by atoms with Crippen molar-refractivity contribution in [2.45, 2.75) is 53.8 Å². The van der Waals surface area contributed by atoms with Gasteiger partial charge in [-0.05, 0) is 23.8 Å². The van der Waals surface area contributed by atoms with Gasteiger partial charge in [-0.15, -0.1) is 0 Å². The van der Waals surface area contributed by atoms with Crippen molar-refractivity contribution in [3.8, 4) is 11.5 Å². The number of Topliss-reactive ketones (excluding diaryl/α,β-unsaturated/α-hetero) is 1. The van der Waals surface area contributed by atoms with Crippen LogP contribution in [0.15, 0.2) is 48.5 Å². The predicted molar refractivity (Wildman–Crippen MR) is 143 cm³/mol. The van der Waals surface area contributed by atoms with Gasteiger partial charge in [0, 0.05) is 23.4 Å². The third-order valence-corrected chi connectivity index (χ3v) is 6.19. The van der Waals surface area contributed by atoms with Crippen LogP contribution in [0.2, 0.25) is 0 Å². The van der Waals surface area contributed by atoms with Crippen molar-refractivity contribution in [3.63, 3.8) is 0 Å². The van der Waals surface area contributed by atoms with Gasteiger partial charge in [0.15, 0.2) is 23.9 Å². The second-order valence-electron chi connectivity index (χ2n) is 11.3. The maximum Gasteiger partial charge on any atom is 0.410 e. The van der Waals surface area contributed by atoms with Gasteiger partial charge in [0.1, 0.15) is 6.61 Å². The molecular formula is C29H37NO9. The monoisotopic (exact) mass is 543 g/mol. The summed E-state index contributed by atoms with van der Waals surface area (Å²) in [4.78, 5) is 50.3. The highest BCUT2D eigenvalue weighted by molar-refractivity contribution is 5.99. The molecule has 0 aliphatic rings. The number of benzene rings is 2. The lowest BCUT2D eigenvalue weighted by atomic mass is 9.62. The van der Waals surface area contributed by atoms with Gasteiger partial charge in [0.25, 0.3) is 0 Å². The summed E-state index contributed by atoms with van der Waals surface area (Å²) >= 11 is 0. The summed E-state index contributed by atoms with van der Waals surface area (Å²) in [5, 5.41) is 19.5. The molecule has 0 saturated heterocycles. The molecule has 1 amide bonds. The average molecular weight is 544 g/mol. The minimum absolute atomic E-state index is 0.0318. The quantitative estimate of drug-likeness (QED) is 0.379. The highest BCUT2D eigenvalue weighted by Gasteiger charge is 2.59. The van der Waals surface area contributed by atoms with Crippen LogP contribution in [0, 0.1) is 10.8 Å². The molecule has 0 radical (unpaired) electrons. The molecule has 10 nitrogen and oxygen atoms in total. The Kier molecular flexibility index (Phi) is 9.73. The molecule has 0 fully saturated rings. The van der Waals surface area contributed by atoms with Crippen LogP contribution in [-0.4, -0.2) is 64.7 Å². The van der Waals surface area contributed by atoms with E-state index in [1.54, 1.807) is 53.7 Å². The summed E-state index contributed by atoms with van der Waals surface area (Å²) in [5.74, 6) is -3.10. The molecule has 2 N–H and O–H groups in total. The molecule has 0 aliphatic carbocycles. The van der Waals surface area contributed by atoms with Gasteiger partial charge in [-0.3, -0.25) is 4.79 Å². The van der Waals surface area contributed by atoms with Crippen LogP contribution >= 0.6 is 0 Å². The molecule has 10 heteroatoms. The van der Waals surface area contributed by atoms with E-state index in [9.17, 15) is 24.3 Å². The number of ether oxygens (including phenoxy) is 3. The Morgan fingerprint density at radius 1 is 0.846 bits per heavy atom. The summed E-state index contributed by atoms with van der Waals surface area (Å²) in [5.41, 5.74) is -2.66. The number of amides is 1. The number of ketones is 1. The first-order valence-electron chi connectivity index (χ1n) is 12.4. The van der Waals surface area contributed by atoms with E-state index in [-0.39, 0.29) is 30.2 Å². The van der Waals surface area contributed by atoms with Gasteiger partial charge >= 0.3 is 18.0 Å². The van der Waals surface area contributed by atoms with Crippen LogP contribution in [0.25, 0.3) is 0 Å². The predicted octanol–water partition coefficient (Wildman–Crippen LogP) is 4.90. The Morgan fingerprint density at radius 2 is 1.44 bits per heavy atom. The zero-order valence-corrected chi connectivity index (χ0v) is 23.4. The number of nitrogens with zero attached hydrogens (tertiary/aromatic N) is 1. The highest BCUT2D eigenvalue weighted by atomic mass is 16.6. The Morgan fingerprint density at radius 3 is 1.95 bits per heavy atom. The molecule has 0 heterocycles. The molecule has 0 aromatic heterocycles. The number of likely N-dealkylation sites (N-methyl/N-ethyl adjacent to an activating group) is 1. The van der Waals surface area contributed by atoms with Gasteiger partial charge in [0.05, 0.1) is 6.54 Å². The molecule has 0 saturated carbocycles. The van der Waals surface area contributed by atoms with Gasteiger partial charge in [-0.2, -0.15) is 0 Å². The van der Waals surface area contributed by atoms with Crippen molar-refractivity contribution in [1.29, 1.82) is 0 Å². The van der Waals surface area contributed by atoms with E-state index in [1.807, 2.05) is 18.2 Å². The SMILES string of the molecule is CN(CC(=O)c1ccc(OC(C(=O)O)(C(C)(C)C)C(C)(C)C)c(OCC(=O)O)c1)C(=O)OCc1ccccc1. The second kappa shape index (κ2) is 12.2. The van der Waals surface area contributed by atoms with Gasteiger partial charge in [-0.1, -0.05) is 71.9 Å². The van der Waals surface area contributed by atoms with Gasteiger partial charge < -0.3 is 29.3 Å². The fraction of sp³-hybridized carbons (Fsp3) is 0.448. The Hall–Kier alpha value is -4.08. The number of carbonyl (C=O) groups is 4. The first-order valence-corrected chi connectivity index (χ1v) is 12.4. The van der Waals surface area contributed by atoms with E-state index in [0.29, 0.717) is 0 Å². The minimum Gasteiger partial charge on any atom is -0.479 e. The van der Waals surface area contributed by atoms with Crippen molar-refractivity contribution in [2.75, 3.05) is 20.2 Å². The molecule has 0 aliphatic heterocycles. The molecule has 0 spiro atoms. The molecule has 0 atom stereocenters. The van der Waals surface area contributed by atoms with Crippen LogP contribution < -0.4 is 9.47 Å². The molecule has 2 aromatic rings. The standard InChI is InChI=1S/C29H37NO9/c1-27(2,3)29(25(34)35,28(4,5)6)39-22-14-13-20(15-23(22)37-18-24(32)33)21(31)16-30(7)26(36)38-17-19-11-9-8-10-12-19/h8-15H,16-18H2,1-7H3,(H,32,33)(H,34,35). The fourth-order valence-electron chi connectivity index (χ4n) is 4.50. The highest BCUT2D eigenvalue weighted by Crippen LogP contribution is 2.49. The fourth-order valence-corrected chi connectivity index (χ4v) is 4.50. The van der Waals surface area contributed by atoms with Gasteiger partial charge in [-0.25, -0.2) is 14.4 Å². The van der Waals surface area contributed by atoms with Crippen LogP contribution in [0.3, 0.4) is 0 Å². The lowest BCUT2D eigenvalue weighted by molar-refractivity contribution is -0.184. The third kappa shape index (κ3) is 7.49. The Bertz CT molecular complexity index is 1180. The van der Waals surface area contributed by atoms with Crippen molar-refractivity contribution in [3.05, 3.63) is 59.7 Å². The number of hydrogen-bond acceptors (Lipinski definition) is 7. The Labute approximate surface area is 228 Å². The van der Waals surface area contributed by atoms with E-state index in [0.717, 1.165) is 10.5 Å². The lowest BCUT2D eigenvalue weighted by Crippen LogP contribution is -2.63. The van der Waals surface area contributed by atoms with E-state index in [4.69, 9.17) is 19.3 Å². The summed E-state index contributed by atoms with van der Waals surface area (Å²) in [7, 11) is 1.42. The maximum absolute atomic E-state index is 13.0. The number of hydrogen-bond donors (Lipinski definition) is 2. The van der Waals surface area contributed by atoms with Crippen molar-refractivity contribution in [1.82, 2.24) is 4.90 Å². The molecule has 39 heavy (non-hydrogen) atoms. The largest absolute Gasteiger partial charge is 0.479 e. The zero-order valence-electron chi connectivity index (χ0n) is 23.4. The van der Waals surface area contributed by atoms with Crippen LogP contribution in [-0.2, 0) is 20.9 Å². The molecule has 0 unspecified atom stereocenters. The lowest BCUT2D eigenvalue weighted by Gasteiger charge is -2.49. The van der Waals surface area contributed by atoms with Crippen molar-refractivity contribution >= 4 is 23.8 Å². The summed E-state index contributed by atoms with van der Waals surface area (Å²) in [6, 6.07) is 13.1. The molecular weight excluding hydrogens is 506 g/mol.